The van der Waals surface area contributed by atoms with Crippen LogP contribution in [-0.2, 0) is 20.7 Å². The number of nitrogens with one attached hydrogen (secondary N) is 1. The summed E-state index contributed by atoms with van der Waals surface area (Å²) in [5.41, 5.74) is 3.24. The zero-order valence-electron chi connectivity index (χ0n) is 16.3. The van der Waals surface area contributed by atoms with E-state index in [-0.39, 0.29) is 12.3 Å². The Kier molecular flexibility index (Phi) is 5.04. The zero-order valence-corrected chi connectivity index (χ0v) is 16.3. The Labute approximate surface area is 168 Å². The lowest BCUT2D eigenvalue weighted by Gasteiger charge is -2.14. The van der Waals surface area contributed by atoms with Gasteiger partial charge in [-0.3, -0.25) is 9.59 Å². The van der Waals surface area contributed by atoms with Gasteiger partial charge in [-0.1, -0.05) is 48.5 Å². The van der Waals surface area contributed by atoms with Gasteiger partial charge in [0.2, 0.25) is 0 Å². The summed E-state index contributed by atoms with van der Waals surface area (Å²) < 4.78 is 10.9. The van der Waals surface area contributed by atoms with Gasteiger partial charge in [-0.05, 0) is 36.9 Å². The first-order valence-electron chi connectivity index (χ1n) is 9.46. The van der Waals surface area contributed by atoms with Crippen molar-refractivity contribution in [2.24, 2.45) is 0 Å². The van der Waals surface area contributed by atoms with Crippen LogP contribution in [0.4, 0.5) is 5.69 Å². The Balaban J connectivity index is 1.42. The number of ether oxygens (including phenoxy) is 1. The van der Waals surface area contributed by atoms with E-state index < -0.39 is 12.1 Å². The molecule has 1 atom stereocenters. The highest BCUT2D eigenvalue weighted by atomic mass is 16.5. The quantitative estimate of drug-likeness (QED) is 0.489. The second-order valence-electron chi connectivity index (χ2n) is 7.09. The molecular weight excluding hydrogens is 366 g/mol. The number of esters is 1. The van der Waals surface area contributed by atoms with Crippen LogP contribution in [0.25, 0.3) is 21.7 Å². The van der Waals surface area contributed by atoms with Crippen LogP contribution in [0.3, 0.4) is 0 Å². The molecule has 1 heterocycles. The highest BCUT2D eigenvalue weighted by Gasteiger charge is 2.20. The van der Waals surface area contributed by atoms with Crippen LogP contribution >= 0.6 is 0 Å². The molecule has 4 aromatic rings. The van der Waals surface area contributed by atoms with Crippen molar-refractivity contribution in [3.8, 4) is 0 Å². The molecule has 0 aliphatic rings. The maximum Gasteiger partial charge on any atom is 0.311 e. The molecule has 0 spiro atoms. The topological polar surface area (TPSA) is 68.5 Å². The fourth-order valence-electron chi connectivity index (χ4n) is 3.34. The number of aryl methyl sites for hydroxylation is 1. The summed E-state index contributed by atoms with van der Waals surface area (Å²) in [4.78, 5) is 24.9. The molecule has 29 heavy (non-hydrogen) atoms. The van der Waals surface area contributed by atoms with E-state index in [1.54, 1.807) is 13.2 Å². The molecule has 5 nitrogen and oxygen atoms in total. The molecule has 0 saturated heterocycles. The number of amides is 1. The number of fused-ring (bicyclic) bond motifs is 2. The van der Waals surface area contributed by atoms with Crippen molar-refractivity contribution in [3.63, 3.8) is 0 Å². The van der Waals surface area contributed by atoms with Crippen molar-refractivity contribution < 1.29 is 18.7 Å². The largest absolute Gasteiger partial charge is 0.464 e. The van der Waals surface area contributed by atoms with Crippen molar-refractivity contribution in [1.29, 1.82) is 0 Å². The van der Waals surface area contributed by atoms with Crippen LogP contribution in [0.15, 0.2) is 71.3 Å². The first kappa shape index (κ1) is 18.7. The van der Waals surface area contributed by atoms with E-state index in [1.807, 2.05) is 67.6 Å². The monoisotopic (exact) mass is 387 g/mol. The third kappa shape index (κ3) is 3.99. The molecule has 0 radical (unpaired) electrons. The van der Waals surface area contributed by atoms with Crippen LogP contribution in [0.2, 0.25) is 0 Å². The van der Waals surface area contributed by atoms with Gasteiger partial charge in [0.05, 0.1) is 12.7 Å². The molecule has 0 aliphatic carbocycles. The molecular formula is C24H21NO4. The molecule has 1 amide bonds. The Morgan fingerprint density at radius 1 is 1.03 bits per heavy atom. The second-order valence-corrected chi connectivity index (χ2v) is 7.09. The molecule has 3 aromatic carbocycles. The van der Waals surface area contributed by atoms with Crippen LogP contribution < -0.4 is 5.32 Å². The number of hydrogen-bond acceptors (Lipinski definition) is 4. The van der Waals surface area contributed by atoms with E-state index in [2.05, 4.69) is 5.32 Å². The predicted octanol–water partition coefficient (Wildman–Crippen LogP) is 5.01. The van der Waals surface area contributed by atoms with E-state index in [0.29, 0.717) is 5.69 Å². The second kappa shape index (κ2) is 7.80. The SMILES string of the molecule is Cc1ccc2c(CC(=O)O[C@@H](C)C(=O)Nc3cccc4ccccc34)coc2c1. The summed E-state index contributed by atoms with van der Waals surface area (Å²) in [6.45, 7) is 3.54. The summed E-state index contributed by atoms with van der Waals surface area (Å²) in [5.74, 6) is -0.851. The van der Waals surface area contributed by atoms with Crippen molar-refractivity contribution in [2.45, 2.75) is 26.4 Å². The zero-order chi connectivity index (χ0) is 20.4. The molecule has 0 fully saturated rings. The van der Waals surface area contributed by atoms with E-state index in [0.717, 1.165) is 32.9 Å². The van der Waals surface area contributed by atoms with Gasteiger partial charge in [-0.25, -0.2) is 0 Å². The average molecular weight is 387 g/mol. The third-order valence-corrected chi connectivity index (χ3v) is 4.87. The Bertz CT molecular complexity index is 1200. The minimum absolute atomic E-state index is 0.0436. The highest BCUT2D eigenvalue weighted by Crippen LogP contribution is 2.24. The van der Waals surface area contributed by atoms with Gasteiger partial charge in [0, 0.05) is 22.0 Å². The van der Waals surface area contributed by atoms with Crippen LogP contribution in [0.5, 0.6) is 0 Å². The first-order valence-corrected chi connectivity index (χ1v) is 9.46. The van der Waals surface area contributed by atoms with E-state index in [9.17, 15) is 9.59 Å². The molecule has 146 valence electrons. The predicted molar refractivity (Wildman–Crippen MR) is 113 cm³/mol. The summed E-state index contributed by atoms with van der Waals surface area (Å²) in [7, 11) is 0. The van der Waals surface area contributed by atoms with Gasteiger partial charge < -0.3 is 14.5 Å². The highest BCUT2D eigenvalue weighted by molar-refractivity contribution is 6.03. The Morgan fingerprint density at radius 2 is 1.83 bits per heavy atom. The fraction of sp³-hybridized carbons (Fsp3) is 0.167. The summed E-state index contributed by atoms with van der Waals surface area (Å²) >= 11 is 0. The van der Waals surface area contributed by atoms with Gasteiger partial charge in [-0.2, -0.15) is 0 Å². The Hall–Kier alpha value is -3.60. The molecule has 0 bridgehead atoms. The molecule has 0 unspecified atom stereocenters. The molecule has 4 rings (SSSR count). The summed E-state index contributed by atoms with van der Waals surface area (Å²) in [6, 6.07) is 19.3. The van der Waals surface area contributed by atoms with Gasteiger partial charge in [0.1, 0.15) is 5.58 Å². The molecule has 1 N–H and O–H groups in total. The standard InChI is InChI=1S/C24H21NO4/c1-15-10-11-20-18(14-28-22(20)12-15)13-23(26)29-16(2)24(27)25-21-9-5-7-17-6-3-4-8-19(17)21/h3-12,14,16H,13H2,1-2H3,(H,25,27)/t16-/m0/s1. The number of hydrogen-bond donors (Lipinski definition) is 1. The molecule has 0 aliphatic heterocycles. The Morgan fingerprint density at radius 3 is 2.69 bits per heavy atom. The number of benzene rings is 3. The normalized spacial score (nSPS) is 12.1. The number of anilines is 1. The lowest BCUT2D eigenvalue weighted by atomic mass is 10.1. The number of carbonyl (C=O) groups excluding carboxylic acids is 2. The van der Waals surface area contributed by atoms with Crippen molar-refractivity contribution in [3.05, 3.63) is 78.1 Å². The van der Waals surface area contributed by atoms with Crippen LogP contribution in [-0.4, -0.2) is 18.0 Å². The first-order chi connectivity index (χ1) is 14.0. The van der Waals surface area contributed by atoms with Gasteiger partial charge in [0.25, 0.3) is 5.91 Å². The van der Waals surface area contributed by atoms with Crippen LogP contribution in [0, 0.1) is 6.92 Å². The maximum absolute atomic E-state index is 12.5. The summed E-state index contributed by atoms with van der Waals surface area (Å²) in [5, 5.41) is 5.68. The number of furan rings is 1. The minimum Gasteiger partial charge on any atom is -0.464 e. The lowest BCUT2D eigenvalue weighted by Crippen LogP contribution is -2.30. The van der Waals surface area contributed by atoms with Gasteiger partial charge >= 0.3 is 5.97 Å². The maximum atomic E-state index is 12.5. The molecule has 1 aromatic heterocycles. The average Bonchev–Trinajstić information content (AvgIpc) is 3.09. The number of carbonyl (C=O) groups is 2. The van der Waals surface area contributed by atoms with Crippen molar-refractivity contribution in [1.82, 2.24) is 0 Å². The van der Waals surface area contributed by atoms with Crippen molar-refractivity contribution in [2.75, 3.05) is 5.32 Å². The minimum atomic E-state index is -0.915. The van der Waals surface area contributed by atoms with Crippen molar-refractivity contribution >= 4 is 39.3 Å². The molecule has 5 heteroatoms. The fourth-order valence-corrected chi connectivity index (χ4v) is 3.34. The van der Waals surface area contributed by atoms with Crippen LogP contribution in [0.1, 0.15) is 18.1 Å². The third-order valence-electron chi connectivity index (χ3n) is 4.87. The lowest BCUT2D eigenvalue weighted by molar-refractivity contribution is -0.152. The van der Waals surface area contributed by atoms with E-state index in [1.165, 1.54) is 0 Å². The summed E-state index contributed by atoms with van der Waals surface area (Å²) in [6.07, 6.45) is 0.690. The molecule has 0 saturated carbocycles. The van der Waals surface area contributed by atoms with E-state index >= 15 is 0 Å². The smallest absolute Gasteiger partial charge is 0.311 e. The van der Waals surface area contributed by atoms with Gasteiger partial charge in [-0.15, -0.1) is 0 Å². The van der Waals surface area contributed by atoms with Gasteiger partial charge in [0.15, 0.2) is 6.10 Å². The van der Waals surface area contributed by atoms with E-state index in [4.69, 9.17) is 9.15 Å². The number of rotatable bonds is 5.